The molecule has 8 nitrogen and oxygen atoms in total. The maximum Gasteiger partial charge on any atom is 0.340 e. The summed E-state index contributed by atoms with van der Waals surface area (Å²) in [6.45, 7) is 0.458. The molecule has 3 rings (SSSR count). The van der Waals surface area contributed by atoms with Crippen LogP contribution in [0.25, 0.3) is 17.0 Å². The number of ether oxygens (including phenoxy) is 3. The molecule has 0 saturated heterocycles. The fraction of sp³-hybridized carbons (Fsp3) is 0.292. The molecule has 0 spiro atoms. The van der Waals surface area contributed by atoms with Crippen LogP contribution in [0.2, 0.25) is 0 Å². The van der Waals surface area contributed by atoms with E-state index in [2.05, 4.69) is 4.98 Å². The minimum atomic E-state index is -0.544. The number of fused-ring (bicyclic) bond motifs is 1. The Morgan fingerprint density at radius 2 is 1.84 bits per heavy atom. The quantitative estimate of drug-likeness (QED) is 0.501. The summed E-state index contributed by atoms with van der Waals surface area (Å²) in [6, 6.07) is 9.00. The van der Waals surface area contributed by atoms with E-state index >= 15 is 0 Å². The molecule has 0 aliphatic rings. The van der Waals surface area contributed by atoms with Crippen molar-refractivity contribution in [1.82, 2.24) is 14.5 Å². The van der Waals surface area contributed by atoms with Crippen LogP contribution in [0, 0.1) is 0 Å². The van der Waals surface area contributed by atoms with Crippen LogP contribution in [0.1, 0.15) is 21.6 Å². The summed E-state index contributed by atoms with van der Waals surface area (Å²) < 4.78 is 17.1. The maximum atomic E-state index is 13.1. The largest absolute Gasteiger partial charge is 0.493 e. The van der Waals surface area contributed by atoms with E-state index in [0.717, 1.165) is 5.56 Å². The Balaban J connectivity index is 1.96. The van der Waals surface area contributed by atoms with Crippen LogP contribution < -0.4 is 15.0 Å². The molecular weight excluding hydrogens is 410 g/mol. The van der Waals surface area contributed by atoms with Gasteiger partial charge in [0.05, 0.1) is 43.5 Å². The summed E-state index contributed by atoms with van der Waals surface area (Å²) in [4.78, 5) is 31.8. The predicted molar refractivity (Wildman–Crippen MR) is 123 cm³/mol. The number of nitrogens with zero attached hydrogens (tertiary/aromatic N) is 3. The number of carbonyl (C=O) groups is 1. The number of aryl methyl sites for hydroxylation is 2. The first-order valence-corrected chi connectivity index (χ1v) is 10.1. The van der Waals surface area contributed by atoms with Crippen LogP contribution in [-0.4, -0.2) is 55.8 Å². The van der Waals surface area contributed by atoms with Crippen molar-refractivity contribution in [2.75, 3.05) is 35.4 Å². The number of hydrogen-bond donors (Lipinski definition) is 0. The van der Waals surface area contributed by atoms with Crippen molar-refractivity contribution in [2.45, 2.75) is 13.0 Å². The van der Waals surface area contributed by atoms with E-state index < -0.39 is 5.97 Å². The molecule has 0 amide bonds. The van der Waals surface area contributed by atoms with Gasteiger partial charge in [0.2, 0.25) is 0 Å². The van der Waals surface area contributed by atoms with Gasteiger partial charge >= 0.3 is 5.97 Å². The second-order valence-electron chi connectivity index (χ2n) is 7.38. The molecule has 0 bridgehead atoms. The summed E-state index contributed by atoms with van der Waals surface area (Å²) in [6.07, 6.45) is 5.83. The van der Waals surface area contributed by atoms with E-state index in [9.17, 15) is 9.59 Å². The minimum absolute atomic E-state index is 0.219. The third-order valence-corrected chi connectivity index (χ3v) is 5.01. The summed E-state index contributed by atoms with van der Waals surface area (Å²) >= 11 is 0. The highest BCUT2D eigenvalue weighted by Crippen LogP contribution is 2.27. The average molecular weight is 437 g/mol. The second kappa shape index (κ2) is 10.00. The van der Waals surface area contributed by atoms with Crippen molar-refractivity contribution in [3.05, 3.63) is 69.9 Å². The molecule has 32 heavy (non-hydrogen) atoms. The van der Waals surface area contributed by atoms with E-state index in [0.29, 0.717) is 41.1 Å². The van der Waals surface area contributed by atoms with Crippen molar-refractivity contribution in [1.29, 1.82) is 0 Å². The summed E-state index contributed by atoms with van der Waals surface area (Å²) in [7, 11) is 8.21. The van der Waals surface area contributed by atoms with Gasteiger partial charge in [0.15, 0.2) is 11.5 Å². The molecule has 168 valence electrons. The molecule has 0 atom stereocenters. The van der Waals surface area contributed by atoms with Crippen LogP contribution in [0.5, 0.6) is 11.5 Å². The molecular formula is C24H27N3O5. The average Bonchev–Trinajstić information content (AvgIpc) is 2.81. The number of hydrogen-bond acceptors (Lipinski definition) is 7. The van der Waals surface area contributed by atoms with Gasteiger partial charge in [-0.2, -0.15) is 0 Å². The molecule has 0 fully saturated rings. The minimum Gasteiger partial charge on any atom is -0.493 e. The van der Waals surface area contributed by atoms with E-state index in [1.807, 2.05) is 37.2 Å². The number of pyridine rings is 2. The Kier molecular flexibility index (Phi) is 7.14. The lowest BCUT2D eigenvalue weighted by atomic mass is 10.1. The molecule has 0 aliphatic carbocycles. The van der Waals surface area contributed by atoms with Crippen LogP contribution in [0.15, 0.2) is 47.5 Å². The third kappa shape index (κ3) is 4.91. The highest BCUT2D eigenvalue weighted by atomic mass is 16.5. The summed E-state index contributed by atoms with van der Waals surface area (Å²) in [5, 5.41) is 0.363. The van der Waals surface area contributed by atoms with Crippen LogP contribution >= 0.6 is 0 Å². The zero-order valence-electron chi connectivity index (χ0n) is 18.9. The molecule has 0 N–H and O–H groups in total. The molecule has 0 radical (unpaired) electrons. The molecule has 1 aromatic carbocycles. The van der Waals surface area contributed by atoms with Gasteiger partial charge in [-0.25, -0.2) is 9.78 Å². The van der Waals surface area contributed by atoms with Crippen molar-refractivity contribution in [3.63, 3.8) is 0 Å². The Morgan fingerprint density at radius 3 is 2.50 bits per heavy atom. The van der Waals surface area contributed by atoms with Gasteiger partial charge < -0.3 is 23.7 Å². The Hall–Kier alpha value is -3.81. The van der Waals surface area contributed by atoms with Gasteiger partial charge in [-0.05, 0) is 42.3 Å². The highest BCUT2D eigenvalue weighted by molar-refractivity contribution is 5.97. The van der Waals surface area contributed by atoms with Crippen LogP contribution in [0.3, 0.4) is 0 Å². The van der Waals surface area contributed by atoms with Crippen molar-refractivity contribution in [3.8, 4) is 11.5 Å². The van der Waals surface area contributed by atoms with E-state index in [4.69, 9.17) is 14.2 Å². The summed E-state index contributed by atoms with van der Waals surface area (Å²) in [5.41, 5.74) is 1.99. The number of aromatic nitrogens is 2. The van der Waals surface area contributed by atoms with Gasteiger partial charge in [0.1, 0.15) is 0 Å². The second-order valence-corrected chi connectivity index (χ2v) is 7.38. The fourth-order valence-corrected chi connectivity index (χ4v) is 3.31. The first-order chi connectivity index (χ1) is 15.4. The van der Waals surface area contributed by atoms with Gasteiger partial charge in [0, 0.05) is 33.0 Å². The lowest BCUT2D eigenvalue weighted by Gasteiger charge is -2.12. The maximum absolute atomic E-state index is 13.1. The number of methoxy groups -OCH3 is 3. The highest BCUT2D eigenvalue weighted by Gasteiger charge is 2.16. The normalized spacial score (nSPS) is 11.0. The van der Waals surface area contributed by atoms with Gasteiger partial charge in [-0.1, -0.05) is 6.07 Å². The lowest BCUT2D eigenvalue weighted by Crippen LogP contribution is -2.21. The molecule has 3 aromatic rings. The smallest absolute Gasteiger partial charge is 0.340 e. The van der Waals surface area contributed by atoms with Crippen molar-refractivity contribution in [2.24, 2.45) is 0 Å². The van der Waals surface area contributed by atoms with E-state index in [1.54, 1.807) is 49.4 Å². The molecule has 2 aromatic heterocycles. The summed E-state index contributed by atoms with van der Waals surface area (Å²) in [5.74, 6) is 0.749. The third-order valence-electron chi connectivity index (χ3n) is 5.01. The fourth-order valence-electron chi connectivity index (χ4n) is 3.31. The zero-order valence-corrected chi connectivity index (χ0v) is 18.9. The molecule has 0 unspecified atom stereocenters. The van der Waals surface area contributed by atoms with Crippen molar-refractivity contribution < 1.29 is 19.0 Å². The van der Waals surface area contributed by atoms with E-state index in [1.165, 1.54) is 7.11 Å². The zero-order chi connectivity index (χ0) is 23.3. The predicted octanol–water partition coefficient (Wildman–Crippen LogP) is 2.98. The van der Waals surface area contributed by atoms with Crippen LogP contribution in [0.4, 0.5) is 0 Å². The Morgan fingerprint density at radius 1 is 1.09 bits per heavy atom. The SMILES string of the molecule is COC(=O)c1cc2c(=O)n(CCc3ccc(OC)c(OC)c3)ccc2nc1C=CN(C)C. The molecule has 0 saturated carbocycles. The topological polar surface area (TPSA) is 82.9 Å². The van der Waals surface area contributed by atoms with Gasteiger partial charge in [-0.15, -0.1) is 0 Å². The molecule has 0 aliphatic heterocycles. The van der Waals surface area contributed by atoms with Crippen molar-refractivity contribution >= 4 is 22.9 Å². The monoisotopic (exact) mass is 437 g/mol. The first kappa shape index (κ1) is 22.9. The number of rotatable bonds is 8. The first-order valence-electron chi connectivity index (χ1n) is 10.1. The van der Waals surface area contributed by atoms with E-state index in [-0.39, 0.29) is 11.1 Å². The Bertz CT molecular complexity index is 1210. The number of benzene rings is 1. The van der Waals surface area contributed by atoms with Gasteiger partial charge in [0.25, 0.3) is 5.56 Å². The van der Waals surface area contributed by atoms with Gasteiger partial charge in [-0.3, -0.25) is 4.79 Å². The Labute approximate surface area is 186 Å². The number of carbonyl (C=O) groups excluding carboxylic acids is 1. The number of esters is 1. The van der Waals surface area contributed by atoms with Crippen LogP contribution in [-0.2, 0) is 17.7 Å². The molecule has 2 heterocycles. The standard InChI is InChI=1S/C24H27N3O5/c1-26(2)11-9-20-18(24(29)32-5)15-17-19(25-20)10-13-27(23(17)28)12-8-16-6-7-21(30-3)22(14-16)31-4/h6-7,9-11,13-15H,8,12H2,1-5H3. The molecule has 8 heteroatoms. The lowest BCUT2D eigenvalue weighted by molar-refractivity contribution is 0.0600.